The molecule has 0 bridgehead atoms. The van der Waals surface area contributed by atoms with Crippen LogP contribution in [0.25, 0.3) is 11.0 Å². The predicted molar refractivity (Wildman–Crippen MR) is 116 cm³/mol. The molecule has 2 heterocycles. The lowest BCUT2D eigenvalue weighted by Crippen LogP contribution is -2.42. The quantitative estimate of drug-likeness (QED) is 0.705. The number of imidazole rings is 1. The first-order valence-electron chi connectivity index (χ1n) is 10.8. The van der Waals surface area contributed by atoms with E-state index in [1.807, 2.05) is 43.3 Å². The van der Waals surface area contributed by atoms with E-state index in [4.69, 9.17) is 4.98 Å². The summed E-state index contributed by atoms with van der Waals surface area (Å²) in [6, 6.07) is 14.4. The second-order valence-corrected chi connectivity index (χ2v) is 8.47. The fourth-order valence-electron chi connectivity index (χ4n) is 4.78. The van der Waals surface area contributed by atoms with Crippen LogP contribution in [0, 0.1) is 6.92 Å². The van der Waals surface area contributed by atoms with Gasteiger partial charge < -0.3 is 9.88 Å². The van der Waals surface area contributed by atoms with Gasteiger partial charge in [-0.15, -0.1) is 0 Å². The molecule has 1 fully saturated rings. The van der Waals surface area contributed by atoms with E-state index in [2.05, 4.69) is 20.9 Å². The number of nitrogens with one attached hydrogen (secondary N) is 1. The van der Waals surface area contributed by atoms with Crippen LogP contribution in [0.15, 0.2) is 42.5 Å². The van der Waals surface area contributed by atoms with Crippen molar-refractivity contribution in [3.63, 3.8) is 0 Å². The van der Waals surface area contributed by atoms with Crippen molar-refractivity contribution in [2.75, 3.05) is 11.9 Å². The standard InChI is InChI=1S/C24H28N4O/c1-17-7-9-18(10-8-17)24(29)25-19-11-12-22-21(15-19)26-23-16-27(13-14-28(22)23)20-5-3-2-4-6-20/h7-12,15,20H,2-6,13-14,16H2,1H3,(H,25,29). The molecule has 2 aromatic carbocycles. The Morgan fingerprint density at radius 1 is 1.03 bits per heavy atom. The van der Waals surface area contributed by atoms with Crippen LogP contribution in [0.5, 0.6) is 0 Å². The SMILES string of the molecule is Cc1ccc(C(=O)Nc2ccc3c(c2)nc2n3CCN(C3CCCCC3)C2)cc1. The summed E-state index contributed by atoms with van der Waals surface area (Å²) in [5.74, 6) is 1.07. The Kier molecular flexibility index (Phi) is 4.84. The number of rotatable bonds is 3. The maximum absolute atomic E-state index is 12.5. The molecule has 0 spiro atoms. The monoisotopic (exact) mass is 388 g/mol. The van der Waals surface area contributed by atoms with Gasteiger partial charge in [0.15, 0.2) is 0 Å². The van der Waals surface area contributed by atoms with Gasteiger partial charge in [-0.2, -0.15) is 0 Å². The fourth-order valence-corrected chi connectivity index (χ4v) is 4.78. The van der Waals surface area contributed by atoms with Crippen molar-refractivity contribution in [3.05, 3.63) is 59.4 Å². The summed E-state index contributed by atoms with van der Waals surface area (Å²) in [7, 11) is 0. The highest BCUT2D eigenvalue weighted by Gasteiger charge is 2.26. The van der Waals surface area contributed by atoms with Gasteiger partial charge in [0.2, 0.25) is 0 Å². The maximum atomic E-state index is 12.5. The van der Waals surface area contributed by atoms with Crippen molar-refractivity contribution < 1.29 is 4.79 Å². The molecule has 0 atom stereocenters. The van der Waals surface area contributed by atoms with Gasteiger partial charge in [-0.25, -0.2) is 4.98 Å². The van der Waals surface area contributed by atoms with E-state index in [1.54, 1.807) is 0 Å². The summed E-state index contributed by atoms with van der Waals surface area (Å²) in [4.78, 5) is 20.1. The van der Waals surface area contributed by atoms with Gasteiger partial charge in [0.05, 0.1) is 17.6 Å². The molecule has 5 nitrogen and oxygen atoms in total. The Labute approximate surface area is 171 Å². The minimum atomic E-state index is -0.0863. The average molecular weight is 389 g/mol. The number of nitrogens with zero attached hydrogens (tertiary/aromatic N) is 3. The lowest BCUT2D eigenvalue weighted by atomic mass is 9.94. The lowest BCUT2D eigenvalue weighted by Gasteiger charge is -2.36. The summed E-state index contributed by atoms with van der Waals surface area (Å²) in [5.41, 5.74) is 4.74. The van der Waals surface area contributed by atoms with Gasteiger partial charge >= 0.3 is 0 Å². The smallest absolute Gasteiger partial charge is 0.255 e. The van der Waals surface area contributed by atoms with Crippen LogP contribution in [-0.2, 0) is 13.1 Å². The van der Waals surface area contributed by atoms with Gasteiger partial charge in [0.1, 0.15) is 5.82 Å². The Morgan fingerprint density at radius 3 is 2.62 bits per heavy atom. The first kappa shape index (κ1) is 18.4. The van der Waals surface area contributed by atoms with E-state index >= 15 is 0 Å². The van der Waals surface area contributed by atoms with Crippen molar-refractivity contribution in [2.24, 2.45) is 0 Å². The van der Waals surface area contributed by atoms with Gasteiger partial charge in [0.25, 0.3) is 5.91 Å². The number of aromatic nitrogens is 2. The molecule has 3 aromatic rings. The summed E-state index contributed by atoms with van der Waals surface area (Å²) in [5, 5.41) is 3.01. The Hall–Kier alpha value is -2.66. The molecular formula is C24H28N4O. The predicted octanol–water partition coefficient (Wildman–Crippen LogP) is 4.75. The molecule has 29 heavy (non-hydrogen) atoms. The second-order valence-electron chi connectivity index (χ2n) is 8.47. The first-order valence-corrected chi connectivity index (χ1v) is 10.8. The van der Waals surface area contributed by atoms with E-state index < -0.39 is 0 Å². The molecule has 1 amide bonds. The minimum absolute atomic E-state index is 0.0863. The van der Waals surface area contributed by atoms with E-state index in [9.17, 15) is 4.79 Å². The molecule has 0 unspecified atom stereocenters. The lowest BCUT2D eigenvalue weighted by molar-refractivity contribution is 0.102. The van der Waals surface area contributed by atoms with Crippen LogP contribution in [0.2, 0.25) is 0 Å². The van der Waals surface area contributed by atoms with E-state index in [0.29, 0.717) is 5.56 Å². The number of hydrogen-bond donors (Lipinski definition) is 1. The van der Waals surface area contributed by atoms with Crippen molar-refractivity contribution in [1.82, 2.24) is 14.5 Å². The molecule has 2 aliphatic rings. The molecule has 1 aliphatic heterocycles. The van der Waals surface area contributed by atoms with Gasteiger partial charge in [-0.1, -0.05) is 37.0 Å². The van der Waals surface area contributed by atoms with Gasteiger partial charge in [-0.05, 0) is 50.1 Å². The molecule has 5 heteroatoms. The molecule has 1 aromatic heterocycles. The topological polar surface area (TPSA) is 50.2 Å². The number of carbonyl (C=O) groups excluding carboxylic acids is 1. The van der Waals surface area contributed by atoms with Crippen LogP contribution in [-0.4, -0.2) is 32.9 Å². The molecule has 5 rings (SSSR count). The van der Waals surface area contributed by atoms with Crippen molar-refractivity contribution in [2.45, 2.75) is 58.2 Å². The molecular weight excluding hydrogens is 360 g/mol. The minimum Gasteiger partial charge on any atom is -0.326 e. The summed E-state index contributed by atoms with van der Waals surface area (Å²) >= 11 is 0. The number of benzene rings is 2. The number of hydrogen-bond acceptors (Lipinski definition) is 3. The van der Waals surface area contributed by atoms with Crippen molar-refractivity contribution in [3.8, 4) is 0 Å². The number of carbonyl (C=O) groups is 1. The summed E-state index contributed by atoms with van der Waals surface area (Å²) in [6.45, 7) is 5.06. The summed E-state index contributed by atoms with van der Waals surface area (Å²) < 4.78 is 2.35. The molecule has 0 saturated heterocycles. The van der Waals surface area contributed by atoms with Gasteiger partial charge in [0, 0.05) is 30.4 Å². The number of amides is 1. The van der Waals surface area contributed by atoms with Crippen LogP contribution in [0.3, 0.4) is 0 Å². The van der Waals surface area contributed by atoms with Crippen LogP contribution in [0.4, 0.5) is 5.69 Å². The van der Waals surface area contributed by atoms with Crippen molar-refractivity contribution >= 4 is 22.6 Å². The van der Waals surface area contributed by atoms with E-state index in [1.165, 1.54) is 32.1 Å². The first-order chi connectivity index (χ1) is 14.2. The highest BCUT2D eigenvalue weighted by Crippen LogP contribution is 2.28. The Bertz CT molecular complexity index is 1030. The average Bonchev–Trinajstić information content (AvgIpc) is 3.11. The van der Waals surface area contributed by atoms with Gasteiger partial charge in [-0.3, -0.25) is 9.69 Å². The van der Waals surface area contributed by atoms with E-state index in [-0.39, 0.29) is 5.91 Å². The molecule has 1 aliphatic carbocycles. The summed E-state index contributed by atoms with van der Waals surface area (Å²) in [6.07, 6.45) is 6.77. The zero-order chi connectivity index (χ0) is 19.8. The number of aryl methyl sites for hydroxylation is 1. The largest absolute Gasteiger partial charge is 0.326 e. The number of anilines is 1. The second kappa shape index (κ2) is 7.64. The third-order valence-electron chi connectivity index (χ3n) is 6.45. The molecule has 1 saturated carbocycles. The van der Waals surface area contributed by atoms with Crippen molar-refractivity contribution in [1.29, 1.82) is 0 Å². The molecule has 1 N–H and O–H groups in total. The van der Waals surface area contributed by atoms with Crippen LogP contribution in [0.1, 0.15) is 53.8 Å². The number of fused-ring (bicyclic) bond motifs is 3. The Morgan fingerprint density at radius 2 is 1.83 bits per heavy atom. The normalized spacial score (nSPS) is 18.0. The zero-order valence-corrected chi connectivity index (χ0v) is 17.0. The third kappa shape index (κ3) is 3.67. The molecule has 150 valence electrons. The molecule has 0 radical (unpaired) electrons. The zero-order valence-electron chi connectivity index (χ0n) is 17.0. The van der Waals surface area contributed by atoms with E-state index in [0.717, 1.165) is 53.8 Å². The maximum Gasteiger partial charge on any atom is 0.255 e. The third-order valence-corrected chi connectivity index (χ3v) is 6.45. The van der Waals surface area contributed by atoms with Crippen LogP contribution < -0.4 is 5.32 Å². The Balaban J connectivity index is 1.35. The fraction of sp³-hybridized carbons (Fsp3) is 0.417. The highest BCUT2D eigenvalue weighted by atomic mass is 16.1. The highest BCUT2D eigenvalue weighted by molar-refractivity contribution is 6.05. The van der Waals surface area contributed by atoms with Crippen LogP contribution >= 0.6 is 0 Å².